The van der Waals surface area contributed by atoms with E-state index in [2.05, 4.69) is 5.32 Å². The number of methoxy groups -OCH3 is 1. The van der Waals surface area contributed by atoms with Gasteiger partial charge in [0.15, 0.2) is 0 Å². The van der Waals surface area contributed by atoms with Crippen LogP contribution in [0.5, 0.6) is 0 Å². The molecule has 1 amide bonds. The average Bonchev–Trinajstić information content (AvgIpc) is 2.10. The highest BCUT2D eigenvalue weighted by Gasteiger charge is 2.08. The van der Waals surface area contributed by atoms with E-state index >= 15 is 0 Å². The number of hydrogen-bond acceptors (Lipinski definition) is 3. The van der Waals surface area contributed by atoms with E-state index in [9.17, 15) is 4.79 Å². The van der Waals surface area contributed by atoms with Crippen molar-refractivity contribution in [3.63, 3.8) is 0 Å². The Balaban J connectivity index is 3.31. The highest BCUT2D eigenvalue weighted by atomic mass is 16.5. The van der Waals surface area contributed by atoms with Gasteiger partial charge in [-0.2, -0.15) is 0 Å². The topological polar surface area (TPSA) is 64.3 Å². The SMILES string of the molecule is COCCCNC(=O)C(C)CN. The van der Waals surface area contributed by atoms with Crippen LogP contribution in [0.15, 0.2) is 0 Å². The first kappa shape index (κ1) is 11.4. The van der Waals surface area contributed by atoms with E-state index in [4.69, 9.17) is 10.5 Å². The van der Waals surface area contributed by atoms with Gasteiger partial charge in [0.1, 0.15) is 0 Å². The van der Waals surface area contributed by atoms with Gasteiger partial charge in [0.2, 0.25) is 5.91 Å². The lowest BCUT2D eigenvalue weighted by atomic mass is 10.2. The van der Waals surface area contributed by atoms with Crippen molar-refractivity contribution in [1.82, 2.24) is 5.32 Å². The minimum Gasteiger partial charge on any atom is -0.385 e. The van der Waals surface area contributed by atoms with Crippen molar-refractivity contribution in [3.8, 4) is 0 Å². The van der Waals surface area contributed by atoms with Gasteiger partial charge in [-0.3, -0.25) is 4.79 Å². The Kier molecular flexibility index (Phi) is 6.70. The summed E-state index contributed by atoms with van der Waals surface area (Å²) in [5, 5.41) is 2.77. The van der Waals surface area contributed by atoms with Crippen molar-refractivity contribution in [1.29, 1.82) is 0 Å². The van der Waals surface area contributed by atoms with E-state index in [1.165, 1.54) is 0 Å². The molecule has 12 heavy (non-hydrogen) atoms. The van der Waals surface area contributed by atoms with Crippen LogP contribution in [0.4, 0.5) is 0 Å². The lowest BCUT2D eigenvalue weighted by Gasteiger charge is -2.08. The van der Waals surface area contributed by atoms with Gasteiger partial charge in [-0.15, -0.1) is 0 Å². The second-order valence-corrected chi connectivity index (χ2v) is 2.77. The van der Waals surface area contributed by atoms with Crippen molar-refractivity contribution in [2.45, 2.75) is 13.3 Å². The van der Waals surface area contributed by atoms with Crippen molar-refractivity contribution in [3.05, 3.63) is 0 Å². The molecule has 4 heteroatoms. The molecule has 4 nitrogen and oxygen atoms in total. The molecule has 0 aromatic carbocycles. The van der Waals surface area contributed by atoms with Crippen LogP contribution in [0.2, 0.25) is 0 Å². The van der Waals surface area contributed by atoms with Crippen LogP contribution in [-0.4, -0.2) is 32.7 Å². The molecule has 0 aliphatic rings. The van der Waals surface area contributed by atoms with Crippen LogP contribution < -0.4 is 11.1 Å². The maximum Gasteiger partial charge on any atom is 0.224 e. The average molecular weight is 174 g/mol. The van der Waals surface area contributed by atoms with Gasteiger partial charge in [0, 0.05) is 32.7 Å². The summed E-state index contributed by atoms with van der Waals surface area (Å²) in [6.45, 7) is 3.55. The second-order valence-electron chi connectivity index (χ2n) is 2.77. The number of nitrogens with one attached hydrogen (secondary N) is 1. The smallest absolute Gasteiger partial charge is 0.224 e. The molecule has 0 rings (SSSR count). The zero-order valence-electron chi connectivity index (χ0n) is 7.80. The maximum absolute atomic E-state index is 11.1. The molecule has 0 saturated carbocycles. The Labute approximate surface area is 73.5 Å². The Bertz CT molecular complexity index is 128. The Morgan fingerprint density at radius 2 is 2.33 bits per heavy atom. The minimum absolute atomic E-state index is 0.0219. The zero-order chi connectivity index (χ0) is 9.40. The third-order valence-corrected chi connectivity index (χ3v) is 1.63. The van der Waals surface area contributed by atoms with Gasteiger partial charge in [-0.05, 0) is 6.42 Å². The largest absolute Gasteiger partial charge is 0.385 e. The first-order valence-electron chi connectivity index (χ1n) is 4.19. The number of nitrogens with two attached hydrogens (primary N) is 1. The summed E-state index contributed by atoms with van der Waals surface area (Å²) in [4.78, 5) is 11.1. The fourth-order valence-corrected chi connectivity index (χ4v) is 0.709. The molecule has 0 aliphatic heterocycles. The van der Waals surface area contributed by atoms with E-state index in [1.807, 2.05) is 6.92 Å². The summed E-state index contributed by atoms with van der Waals surface area (Å²) in [6.07, 6.45) is 0.847. The predicted molar refractivity (Wildman–Crippen MR) is 47.7 cm³/mol. The third kappa shape index (κ3) is 5.09. The molecule has 1 atom stereocenters. The number of carbonyl (C=O) groups excluding carboxylic acids is 1. The van der Waals surface area contributed by atoms with Gasteiger partial charge in [-0.25, -0.2) is 0 Å². The third-order valence-electron chi connectivity index (χ3n) is 1.63. The van der Waals surface area contributed by atoms with Crippen molar-refractivity contribution < 1.29 is 9.53 Å². The number of rotatable bonds is 6. The molecule has 0 aliphatic carbocycles. The molecule has 1 unspecified atom stereocenters. The van der Waals surface area contributed by atoms with E-state index in [1.54, 1.807) is 7.11 Å². The summed E-state index contributed by atoms with van der Waals surface area (Å²) < 4.78 is 4.83. The fourth-order valence-electron chi connectivity index (χ4n) is 0.709. The van der Waals surface area contributed by atoms with Crippen LogP contribution in [0.1, 0.15) is 13.3 Å². The summed E-state index contributed by atoms with van der Waals surface area (Å²) in [6, 6.07) is 0. The van der Waals surface area contributed by atoms with Crippen LogP contribution in [0, 0.1) is 5.92 Å². The molecule has 72 valence electrons. The van der Waals surface area contributed by atoms with Gasteiger partial charge in [0.25, 0.3) is 0 Å². The van der Waals surface area contributed by atoms with Crippen LogP contribution in [0.3, 0.4) is 0 Å². The van der Waals surface area contributed by atoms with E-state index in [0.717, 1.165) is 6.42 Å². The highest BCUT2D eigenvalue weighted by Crippen LogP contribution is 1.90. The van der Waals surface area contributed by atoms with E-state index in [-0.39, 0.29) is 11.8 Å². The standard InChI is InChI=1S/C8H18N2O2/c1-7(6-9)8(11)10-4-3-5-12-2/h7H,3-6,9H2,1-2H3,(H,10,11). The monoisotopic (exact) mass is 174 g/mol. The molecule has 0 aromatic rings. The molecule has 0 heterocycles. The molecule has 0 bridgehead atoms. The molecule has 0 fully saturated rings. The van der Waals surface area contributed by atoms with Crippen molar-refractivity contribution in [2.75, 3.05) is 26.8 Å². The Hall–Kier alpha value is -0.610. The molecule has 0 aromatic heterocycles. The Morgan fingerprint density at radius 1 is 1.67 bits per heavy atom. The number of carbonyl (C=O) groups is 1. The number of ether oxygens (including phenoxy) is 1. The summed E-state index contributed by atoms with van der Waals surface area (Å²) in [7, 11) is 1.64. The molecule has 0 radical (unpaired) electrons. The molecule has 3 N–H and O–H groups in total. The predicted octanol–water partition coefficient (Wildman–Crippen LogP) is -0.266. The minimum atomic E-state index is -0.0902. The first-order chi connectivity index (χ1) is 5.72. The summed E-state index contributed by atoms with van der Waals surface area (Å²) >= 11 is 0. The van der Waals surface area contributed by atoms with Gasteiger partial charge >= 0.3 is 0 Å². The normalized spacial score (nSPS) is 12.6. The first-order valence-corrected chi connectivity index (χ1v) is 4.19. The van der Waals surface area contributed by atoms with Gasteiger partial charge in [-0.1, -0.05) is 6.92 Å². The van der Waals surface area contributed by atoms with Crippen LogP contribution >= 0.6 is 0 Å². The van der Waals surface area contributed by atoms with Crippen molar-refractivity contribution >= 4 is 5.91 Å². The number of hydrogen-bond donors (Lipinski definition) is 2. The van der Waals surface area contributed by atoms with E-state index in [0.29, 0.717) is 19.7 Å². The quantitative estimate of drug-likeness (QED) is 0.545. The fraction of sp³-hybridized carbons (Fsp3) is 0.875. The lowest BCUT2D eigenvalue weighted by molar-refractivity contribution is -0.124. The number of amides is 1. The Morgan fingerprint density at radius 3 is 2.83 bits per heavy atom. The van der Waals surface area contributed by atoms with Gasteiger partial charge < -0.3 is 15.8 Å². The molecule has 0 saturated heterocycles. The van der Waals surface area contributed by atoms with Gasteiger partial charge in [0.05, 0.1) is 0 Å². The van der Waals surface area contributed by atoms with Crippen LogP contribution in [-0.2, 0) is 9.53 Å². The van der Waals surface area contributed by atoms with E-state index < -0.39 is 0 Å². The maximum atomic E-state index is 11.1. The molecular weight excluding hydrogens is 156 g/mol. The molecular formula is C8H18N2O2. The highest BCUT2D eigenvalue weighted by molar-refractivity contribution is 5.78. The molecule has 0 spiro atoms. The second kappa shape index (κ2) is 7.06. The van der Waals surface area contributed by atoms with Crippen molar-refractivity contribution in [2.24, 2.45) is 11.7 Å². The zero-order valence-corrected chi connectivity index (χ0v) is 7.80. The lowest BCUT2D eigenvalue weighted by Crippen LogP contribution is -2.34. The summed E-state index contributed by atoms with van der Waals surface area (Å²) in [5.74, 6) is -0.0684. The summed E-state index contributed by atoms with van der Waals surface area (Å²) in [5.41, 5.74) is 5.32. The van der Waals surface area contributed by atoms with Crippen LogP contribution in [0.25, 0.3) is 0 Å².